The van der Waals surface area contributed by atoms with Crippen LogP contribution in [-0.4, -0.2) is 9.13 Å². The standard InChI is InChI=1S/C10H11N3S/c1-12-6-7-13(10(12)14)9-4-2-8(11)3-5-9/h2-7H,11H2,1H3. The fourth-order valence-electron chi connectivity index (χ4n) is 1.30. The van der Waals surface area contributed by atoms with Crippen molar-refractivity contribution < 1.29 is 0 Å². The number of nitrogen functional groups attached to an aromatic ring is 1. The van der Waals surface area contributed by atoms with Crippen LogP contribution in [0.1, 0.15) is 0 Å². The molecule has 0 spiro atoms. The quantitative estimate of drug-likeness (QED) is 0.572. The molecule has 1 aromatic carbocycles. The first-order chi connectivity index (χ1) is 6.68. The molecule has 3 nitrogen and oxygen atoms in total. The lowest BCUT2D eigenvalue weighted by Gasteiger charge is -2.02. The van der Waals surface area contributed by atoms with Crippen LogP contribution < -0.4 is 5.73 Å². The number of anilines is 1. The molecule has 2 rings (SSSR count). The van der Waals surface area contributed by atoms with Crippen LogP contribution in [0.5, 0.6) is 0 Å². The SMILES string of the molecule is Cn1ccn(-c2ccc(N)cc2)c1=S. The average molecular weight is 205 g/mol. The van der Waals surface area contributed by atoms with Crippen molar-refractivity contribution in [1.29, 1.82) is 0 Å². The van der Waals surface area contributed by atoms with Crippen molar-refractivity contribution in [2.24, 2.45) is 7.05 Å². The second-order valence-electron chi connectivity index (χ2n) is 3.15. The monoisotopic (exact) mass is 205 g/mol. The molecule has 2 N–H and O–H groups in total. The Balaban J connectivity index is 2.55. The molecule has 1 heterocycles. The Hall–Kier alpha value is -1.55. The number of rotatable bonds is 1. The van der Waals surface area contributed by atoms with Gasteiger partial charge in [-0.25, -0.2) is 0 Å². The third kappa shape index (κ3) is 1.44. The normalized spacial score (nSPS) is 10.4. The van der Waals surface area contributed by atoms with Gasteiger partial charge in [0.15, 0.2) is 4.77 Å². The maximum atomic E-state index is 5.61. The summed E-state index contributed by atoms with van der Waals surface area (Å²) >= 11 is 5.24. The molecule has 0 bridgehead atoms. The van der Waals surface area contributed by atoms with Gasteiger partial charge in [-0.3, -0.25) is 4.57 Å². The van der Waals surface area contributed by atoms with E-state index < -0.39 is 0 Å². The molecule has 4 heteroatoms. The number of nitrogens with zero attached hydrogens (tertiary/aromatic N) is 2. The van der Waals surface area contributed by atoms with Crippen molar-refractivity contribution in [1.82, 2.24) is 9.13 Å². The van der Waals surface area contributed by atoms with Crippen LogP contribution in [0.2, 0.25) is 0 Å². The highest BCUT2D eigenvalue weighted by Gasteiger charge is 1.98. The fraction of sp³-hybridized carbons (Fsp3) is 0.100. The number of benzene rings is 1. The lowest BCUT2D eigenvalue weighted by molar-refractivity contribution is 0.862. The Morgan fingerprint density at radius 1 is 1.14 bits per heavy atom. The summed E-state index contributed by atoms with van der Waals surface area (Å²) in [6.07, 6.45) is 3.87. The van der Waals surface area contributed by atoms with Gasteiger partial charge in [0.1, 0.15) is 0 Å². The highest BCUT2D eigenvalue weighted by Crippen LogP contribution is 2.11. The van der Waals surface area contributed by atoms with Crippen LogP contribution >= 0.6 is 12.2 Å². The van der Waals surface area contributed by atoms with Crippen LogP contribution in [0.3, 0.4) is 0 Å². The lowest BCUT2D eigenvalue weighted by Crippen LogP contribution is -1.95. The minimum atomic E-state index is 0.760. The lowest BCUT2D eigenvalue weighted by atomic mass is 10.3. The van der Waals surface area contributed by atoms with E-state index >= 15 is 0 Å². The minimum absolute atomic E-state index is 0.760. The van der Waals surface area contributed by atoms with Gasteiger partial charge in [0.25, 0.3) is 0 Å². The minimum Gasteiger partial charge on any atom is -0.399 e. The fourth-order valence-corrected chi connectivity index (χ4v) is 1.52. The molecule has 0 aliphatic heterocycles. The van der Waals surface area contributed by atoms with E-state index in [0.717, 1.165) is 16.1 Å². The molecule has 2 aromatic rings. The summed E-state index contributed by atoms with van der Waals surface area (Å²) in [5, 5.41) is 0. The van der Waals surface area contributed by atoms with Crippen LogP contribution in [0.15, 0.2) is 36.7 Å². The van der Waals surface area contributed by atoms with Gasteiger partial charge in [-0.15, -0.1) is 0 Å². The Kier molecular flexibility index (Phi) is 2.13. The third-order valence-electron chi connectivity index (χ3n) is 2.12. The van der Waals surface area contributed by atoms with Crippen LogP contribution in [-0.2, 0) is 7.05 Å². The van der Waals surface area contributed by atoms with Crippen molar-refractivity contribution in [3.8, 4) is 5.69 Å². The number of nitrogens with two attached hydrogens (primary N) is 1. The van der Waals surface area contributed by atoms with Gasteiger partial charge in [0, 0.05) is 30.8 Å². The first-order valence-electron chi connectivity index (χ1n) is 4.28. The van der Waals surface area contributed by atoms with Crippen molar-refractivity contribution >= 4 is 17.9 Å². The maximum Gasteiger partial charge on any atom is 0.184 e. The Labute approximate surface area is 87.4 Å². The maximum absolute atomic E-state index is 5.61. The molecule has 0 fully saturated rings. The van der Waals surface area contributed by atoms with Crippen molar-refractivity contribution in [3.05, 3.63) is 41.4 Å². The smallest absolute Gasteiger partial charge is 0.184 e. The van der Waals surface area contributed by atoms with E-state index in [4.69, 9.17) is 18.0 Å². The summed E-state index contributed by atoms with van der Waals surface area (Å²) in [6, 6.07) is 7.63. The van der Waals surface area contributed by atoms with E-state index in [-0.39, 0.29) is 0 Å². The molecule has 0 atom stereocenters. The Morgan fingerprint density at radius 2 is 1.79 bits per heavy atom. The third-order valence-corrected chi connectivity index (χ3v) is 2.60. The van der Waals surface area contributed by atoms with Gasteiger partial charge in [-0.05, 0) is 36.5 Å². The Bertz CT molecular complexity index is 493. The van der Waals surface area contributed by atoms with Crippen LogP contribution in [0.4, 0.5) is 5.69 Å². The molecule has 0 unspecified atom stereocenters. The summed E-state index contributed by atoms with van der Waals surface area (Å²) in [5.74, 6) is 0. The molecule has 0 saturated heterocycles. The predicted octanol–water partition coefficient (Wildman–Crippen LogP) is 2.13. The van der Waals surface area contributed by atoms with Crippen molar-refractivity contribution in [3.63, 3.8) is 0 Å². The van der Waals surface area contributed by atoms with Gasteiger partial charge in [0.2, 0.25) is 0 Å². The zero-order chi connectivity index (χ0) is 10.1. The van der Waals surface area contributed by atoms with E-state index in [2.05, 4.69) is 0 Å². The van der Waals surface area contributed by atoms with E-state index in [1.54, 1.807) is 0 Å². The molecular formula is C10H11N3S. The number of aryl methyl sites for hydroxylation is 1. The van der Waals surface area contributed by atoms with Crippen LogP contribution in [0, 0.1) is 4.77 Å². The van der Waals surface area contributed by atoms with Crippen molar-refractivity contribution in [2.75, 3.05) is 5.73 Å². The van der Waals surface area contributed by atoms with Gasteiger partial charge >= 0.3 is 0 Å². The molecule has 0 radical (unpaired) electrons. The molecule has 0 saturated carbocycles. The zero-order valence-electron chi connectivity index (χ0n) is 7.84. The second-order valence-corrected chi connectivity index (χ2v) is 3.52. The summed E-state index contributed by atoms with van der Waals surface area (Å²) in [7, 11) is 1.93. The van der Waals surface area contributed by atoms with Crippen LogP contribution in [0.25, 0.3) is 5.69 Å². The molecule has 0 amide bonds. The van der Waals surface area contributed by atoms with Gasteiger partial charge < -0.3 is 10.3 Å². The van der Waals surface area contributed by atoms with E-state index in [0.29, 0.717) is 0 Å². The molecular weight excluding hydrogens is 194 g/mol. The zero-order valence-corrected chi connectivity index (χ0v) is 8.66. The van der Waals surface area contributed by atoms with Crippen molar-refractivity contribution in [2.45, 2.75) is 0 Å². The number of hydrogen-bond acceptors (Lipinski definition) is 2. The predicted molar refractivity (Wildman–Crippen MR) is 60.0 cm³/mol. The summed E-state index contributed by atoms with van der Waals surface area (Å²) in [5.41, 5.74) is 7.40. The molecule has 0 aliphatic carbocycles. The topological polar surface area (TPSA) is 35.9 Å². The van der Waals surface area contributed by atoms with Gasteiger partial charge in [-0.2, -0.15) is 0 Å². The van der Waals surface area contributed by atoms with Gasteiger partial charge in [0.05, 0.1) is 0 Å². The van der Waals surface area contributed by atoms with E-state index in [9.17, 15) is 0 Å². The molecule has 14 heavy (non-hydrogen) atoms. The highest BCUT2D eigenvalue weighted by atomic mass is 32.1. The van der Waals surface area contributed by atoms with E-state index in [1.165, 1.54) is 0 Å². The number of aromatic nitrogens is 2. The highest BCUT2D eigenvalue weighted by molar-refractivity contribution is 7.71. The second kappa shape index (κ2) is 3.31. The van der Waals surface area contributed by atoms with E-state index in [1.807, 2.05) is 52.8 Å². The summed E-state index contributed by atoms with van der Waals surface area (Å²) in [6.45, 7) is 0. The molecule has 0 aliphatic rings. The molecule has 1 aromatic heterocycles. The Morgan fingerprint density at radius 3 is 2.29 bits per heavy atom. The summed E-state index contributed by atoms with van der Waals surface area (Å²) in [4.78, 5) is 0. The average Bonchev–Trinajstić information content (AvgIpc) is 2.50. The molecule has 72 valence electrons. The number of hydrogen-bond donors (Lipinski definition) is 1. The van der Waals surface area contributed by atoms with Gasteiger partial charge in [-0.1, -0.05) is 0 Å². The first kappa shape index (κ1) is 9.02. The largest absolute Gasteiger partial charge is 0.399 e. The first-order valence-corrected chi connectivity index (χ1v) is 4.69. The summed E-state index contributed by atoms with van der Waals surface area (Å²) < 4.78 is 4.61. The number of imidazole rings is 1.